The fourth-order valence-corrected chi connectivity index (χ4v) is 4.48. The van der Waals surface area contributed by atoms with E-state index in [-0.39, 0.29) is 11.2 Å². The van der Waals surface area contributed by atoms with Crippen molar-refractivity contribution in [2.75, 3.05) is 5.32 Å². The number of aromatic nitrogens is 2. The summed E-state index contributed by atoms with van der Waals surface area (Å²) in [4.78, 5) is 21.3. The molecule has 5 heteroatoms. The number of rotatable bonds is 7. The molecule has 32 heavy (non-hydrogen) atoms. The van der Waals surface area contributed by atoms with Gasteiger partial charge in [-0.15, -0.1) is 0 Å². The molecule has 0 saturated carbocycles. The van der Waals surface area contributed by atoms with Crippen LogP contribution in [0.15, 0.2) is 84.0 Å². The Morgan fingerprint density at radius 1 is 0.969 bits per heavy atom. The first-order valence-electron chi connectivity index (χ1n) is 10.8. The minimum atomic E-state index is -0.308. The number of imidazole rings is 1. The fourth-order valence-electron chi connectivity index (χ4n) is 3.67. The van der Waals surface area contributed by atoms with E-state index >= 15 is 0 Å². The summed E-state index contributed by atoms with van der Waals surface area (Å²) in [5, 5.41) is 3.55. The lowest BCUT2D eigenvalue weighted by Gasteiger charge is -2.15. The highest BCUT2D eigenvalue weighted by Crippen LogP contribution is 2.34. The second-order valence-electron chi connectivity index (χ2n) is 7.71. The molecule has 3 aromatic carbocycles. The van der Waals surface area contributed by atoms with Crippen LogP contribution in [0.1, 0.15) is 25.0 Å². The molecule has 1 atom stereocenters. The minimum Gasteiger partial charge on any atom is -0.332 e. The standard InChI is InChI=1S/C27H27N3OS/c1-4-20-17-11-12-18(2)23(20)28-26(31)19(3)32-27-29-24(21-13-7-5-8-14-21)25(30-27)22-15-9-6-10-16-22/h5-17,19H,4H2,1-3H3,(H,28,31)(H,29,30). The topological polar surface area (TPSA) is 57.8 Å². The molecule has 0 saturated heterocycles. The molecular formula is C27H27N3OS. The number of nitrogens with one attached hydrogen (secondary N) is 2. The van der Waals surface area contributed by atoms with Crippen LogP contribution in [-0.4, -0.2) is 21.1 Å². The van der Waals surface area contributed by atoms with Gasteiger partial charge in [-0.2, -0.15) is 0 Å². The second kappa shape index (κ2) is 9.88. The molecule has 1 amide bonds. The zero-order chi connectivity index (χ0) is 22.5. The van der Waals surface area contributed by atoms with Gasteiger partial charge >= 0.3 is 0 Å². The van der Waals surface area contributed by atoms with Crippen molar-refractivity contribution in [1.29, 1.82) is 0 Å². The number of H-pyrrole nitrogens is 1. The summed E-state index contributed by atoms with van der Waals surface area (Å²) >= 11 is 1.44. The smallest absolute Gasteiger partial charge is 0.237 e. The van der Waals surface area contributed by atoms with Crippen molar-refractivity contribution >= 4 is 23.4 Å². The van der Waals surface area contributed by atoms with Crippen LogP contribution in [0.3, 0.4) is 0 Å². The monoisotopic (exact) mass is 441 g/mol. The van der Waals surface area contributed by atoms with E-state index in [1.807, 2.05) is 62.4 Å². The average molecular weight is 442 g/mol. The van der Waals surface area contributed by atoms with Gasteiger partial charge in [-0.05, 0) is 31.4 Å². The quantitative estimate of drug-likeness (QED) is 0.313. The molecule has 0 radical (unpaired) electrons. The molecule has 0 bridgehead atoms. The Morgan fingerprint density at radius 2 is 1.62 bits per heavy atom. The molecule has 1 heterocycles. The highest BCUT2D eigenvalue weighted by atomic mass is 32.2. The van der Waals surface area contributed by atoms with Crippen molar-refractivity contribution in [3.8, 4) is 22.5 Å². The molecule has 162 valence electrons. The fraction of sp³-hybridized carbons (Fsp3) is 0.185. The van der Waals surface area contributed by atoms with Gasteiger partial charge in [0.25, 0.3) is 0 Å². The predicted molar refractivity (Wildman–Crippen MR) is 134 cm³/mol. The Kier molecular flexibility index (Phi) is 6.76. The van der Waals surface area contributed by atoms with Crippen LogP contribution in [-0.2, 0) is 11.2 Å². The zero-order valence-electron chi connectivity index (χ0n) is 18.6. The molecule has 0 fully saturated rings. The maximum Gasteiger partial charge on any atom is 0.237 e. The van der Waals surface area contributed by atoms with Crippen molar-refractivity contribution < 1.29 is 4.79 Å². The van der Waals surface area contributed by atoms with E-state index in [1.165, 1.54) is 11.8 Å². The number of hydrogen-bond donors (Lipinski definition) is 2. The van der Waals surface area contributed by atoms with E-state index in [0.717, 1.165) is 50.9 Å². The van der Waals surface area contributed by atoms with Crippen LogP contribution < -0.4 is 5.32 Å². The lowest BCUT2D eigenvalue weighted by molar-refractivity contribution is -0.115. The van der Waals surface area contributed by atoms with Crippen LogP contribution in [0.4, 0.5) is 5.69 Å². The first-order valence-corrected chi connectivity index (χ1v) is 11.7. The van der Waals surface area contributed by atoms with Gasteiger partial charge in [0, 0.05) is 16.8 Å². The molecule has 4 aromatic rings. The van der Waals surface area contributed by atoms with Gasteiger partial charge in [0.15, 0.2) is 5.16 Å². The number of para-hydroxylation sites is 1. The lowest BCUT2D eigenvalue weighted by atomic mass is 10.1. The number of thioether (sulfide) groups is 1. The largest absolute Gasteiger partial charge is 0.332 e. The Hall–Kier alpha value is -3.31. The highest BCUT2D eigenvalue weighted by Gasteiger charge is 2.21. The Morgan fingerprint density at radius 3 is 2.28 bits per heavy atom. The van der Waals surface area contributed by atoms with Crippen molar-refractivity contribution in [3.63, 3.8) is 0 Å². The van der Waals surface area contributed by atoms with E-state index in [1.54, 1.807) is 0 Å². The number of carbonyl (C=O) groups excluding carboxylic acids is 1. The van der Waals surface area contributed by atoms with E-state index in [0.29, 0.717) is 0 Å². The van der Waals surface area contributed by atoms with Gasteiger partial charge in [-0.3, -0.25) is 4.79 Å². The summed E-state index contributed by atoms with van der Waals surface area (Å²) in [5.74, 6) is -0.0297. The van der Waals surface area contributed by atoms with E-state index in [9.17, 15) is 4.79 Å². The molecule has 1 unspecified atom stereocenters. The summed E-state index contributed by atoms with van der Waals surface area (Å²) in [5.41, 5.74) is 7.09. The maximum absolute atomic E-state index is 13.0. The van der Waals surface area contributed by atoms with Crippen LogP contribution in [0.2, 0.25) is 0 Å². The van der Waals surface area contributed by atoms with Crippen molar-refractivity contribution in [2.45, 2.75) is 37.6 Å². The van der Waals surface area contributed by atoms with Crippen LogP contribution in [0.25, 0.3) is 22.5 Å². The van der Waals surface area contributed by atoms with E-state index in [4.69, 9.17) is 4.98 Å². The lowest BCUT2D eigenvalue weighted by Crippen LogP contribution is -2.23. The molecule has 0 aliphatic heterocycles. The van der Waals surface area contributed by atoms with Crippen molar-refractivity contribution in [2.24, 2.45) is 0 Å². The van der Waals surface area contributed by atoms with Crippen molar-refractivity contribution in [3.05, 3.63) is 90.0 Å². The molecule has 0 aliphatic carbocycles. The number of carbonyl (C=O) groups is 1. The third kappa shape index (κ3) is 4.78. The number of aromatic amines is 1. The van der Waals surface area contributed by atoms with Gasteiger partial charge in [0.2, 0.25) is 5.91 Å². The Bertz CT molecular complexity index is 1150. The van der Waals surface area contributed by atoms with E-state index in [2.05, 4.69) is 47.6 Å². The molecule has 2 N–H and O–H groups in total. The summed E-state index contributed by atoms with van der Waals surface area (Å²) in [6.07, 6.45) is 0.873. The number of hydrogen-bond acceptors (Lipinski definition) is 3. The van der Waals surface area contributed by atoms with Crippen LogP contribution in [0, 0.1) is 6.92 Å². The van der Waals surface area contributed by atoms with Gasteiger partial charge in [-0.25, -0.2) is 4.98 Å². The van der Waals surface area contributed by atoms with Crippen LogP contribution in [0.5, 0.6) is 0 Å². The average Bonchev–Trinajstić information content (AvgIpc) is 3.25. The number of aryl methyl sites for hydroxylation is 2. The SMILES string of the molecule is CCc1cccc(C)c1NC(=O)C(C)Sc1nc(-c2ccccc2)c(-c2ccccc2)[nH]1. The third-order valence-corrected chi connectivity index (χ3v) is 6.42. The van der Waals surface area contributed by atoms with Gasteiger partial charge in [-0.1, -0.05) is 97.5 Å². The normalized spacial score (nSPS) is 11.8. The number of nitrogens with zero attached hydrogens (tertiary/aromatic N) is 1. The molecule has 0 spiro atoms. The third-order valence-electron chi connectivity index (χ3n) is 5.44. The highest BCUT2D eigenvalue weighted by molar-refractivity contribution is 8.00. The summed E-state index contributed by atoms with van der Waals surface area (Å²) in [6, 6.07) is 26.4. The Balaban J connectivity index is 1.59. The minimum absolute atomic E-state index is 0.0297. The molecule has 1 aromatic heterocycles. The first-order chi connectivity index (χ1) is 15.6. The zero-order valence-corrected chi connectivity index (χ0v) is 19.4. The maximum atomic E-state index is 13.0. The molecular weight excluding hydrogens is 414 g/mol. The second-order valence-corrected chi connectivity index (χ2v) is 9.04. The van der Waals surface area contributed by atoms with E-state index < -0.39 is 0 Å². The number of amides is 1. The summed E-state index contributed by atoms with van der Waals surface area (Å²) in [7, 11) is 0. The Labute approximate surface area is 193 Å². The molecule has 4 rings (SSSR count). The number of benzene rings is 3. The molecule has 4 nitrogen and oxygen atoms in total. The van der Waals surface area contributed by atoms with Gasteiger partial charge in [0.1, 0.15) is 0 Å². The van der Waals surface area contributed by atoms with Crippen molar-refractivity contribution in [1.82, 2.24) is 9.97 Å². The first kappa shape index (κ1) is 21.9. The molecule has 0 aliphatic rings. The summed E-state index contributed by atoms with van der Waals surface area (Å²) < 4.78 is 0. The van der Waals surface area contributed by atoms with Gasteiger partial charge in [0.05, 0.1) is 16.6 Å². The van der Waals surface area contributed by atoms with Crippen LogP contribution >= 0.6 is 11.8 Å². The predicted octanol–water partition coefficient (Wildman–Crippen LogP) is 6.73. The number of anilines is 1. The van der Waals surface area contributed by atoms with Gasteiger partial charge < -0.3 is 10.3 Å². The summed E-state index contributed by atoms with van der Waals surface area (Å²) in [6.45, 7) is 6.04.